The third-order valence-electron chi connectivity index (χ3n) is 3.61. The number of amides is 2. The maximum Gasteiger partial charge on any atom is 0.270 e. The maximum absolute atomic E-state index is 13.1. The average molecular weight is 356 g/mol. The normalized spacial score (nSPS) is 16.2. The minimum absolute atomic E-state index is 0.0477. The zero-order valence-corrected chi connectivity index (χ0v) is 14.0. The van der Waals surface area contributed by atoms with Crippen LogP contribution in [0.1, 0.15) is 5.56 Å². The lowest BCUT2D eigenvalue weighted by atomic mass is 10.1. The van der Waals surface area contributed by atoms with Gasteiger partial charge in [0.05, 0.1) is 12.8 Å². The Kier molecular flexibility index (Phi) is 4.58. The predicted molar refractivity (Wildman–Crippen MR) is 95.6 cm³/mol. The van der Waals surface area contributed by atoms with Crippen LogP contribution in [0.4, 0.5) is 10.1 Å². The number of hydrogen-bond donors (Lipinski definition) is 1. The second-order valence-corrected chi connectivity index (χ2v) is 5.59. The molecule has 5 nitrogen and oxygen atoms in total. The molecule has 1 saturated heterocycles. The van der Waals surface area contributed by atoms with Crippen LogP contribution in [0.15, 0.2) is 54.1 Å². The van der Waals surface area contributed by atoms with Gasteiger partial charge in [-0.25, -0.2) is 4.39 Å². The van der Waals surface area contributed by atoms with Gasteiger partial charge in [0.25, 0.3) is 11.8 Å². The minimum atomic E-state index is -0.579. The molecular weight excluding hydrogens is 343 g/mol. The number of rotatable bonds is 3. The highest BCUT2D eigenvalue weighted by Gasteiger charge is 2.34. The fraction of sp³-hybridized carbons (Fsp3) is 0.0556. The molecule has 25 heavy (non-hydrogen) atoms. The van der Waals surface area contributed by atoms with Gasteiger partial charge in [-0.3, -0.25) is 19.8 Å². The summed E-state index contributed by atoms with van der Waals surface area (Å²) in [5.41, 5.74) is 0.964. The van der Waals surface area contributed by atoms with Gasteiger partial charge in [-0.05, 0) is 60.3 Å². The molecule has 1 fully saturated rings. The fourth-order valence-electron chi connectivity index (χ4n) is 2.35. The Hall–Kier alpha value is -3.06. The Labute approximate surface area is 148 Å². The molecule has 3 rings (SSSR count). The van der Waals surface area contributed by atoms with Crippen LogP contribution in [-0.4, -0.2) is 24.0 Å². The third kappa shape index (κ3) is 3.41. The Morgan fingerprint density at radius 3 is 2.32 bits per heavy atom. The largest absolute Gasteiger partial charge is 0.497 e. The summed E-state index contributed by atoms with van der Waals surface area (Å²) in [6.45, 7) is 0. The molecule has 7 heteroatoms. The van der Waals surface area contributed by atoms with Gasteiger partial charge in [-0.1, -0.05) is 12.1 Å². The molecular formula is C18H13FN2O3S. The highest BCUT2D eigenvalue weighted by Crippen LogP contribution is 2.22. The molecule has 2 aromatic carbocycles. The molecule has 1 N–H and O–H groups in total. The first-order chi connectivity index (χ1) is 12.0. The van der Waals surface area contributed by atoms with Crippen molar-refractivity contribution in [2.45, 2.75) is 0 Å². The average Bonchev–Trinajstić information content (AvgIpc) is 2.60. The van der Waals surface area contributed by atoms with Gasteiger partial charge in [-0.15, -0.1) is 0 Å². The summed E-state index contributed by atoms with van der Waals surface area (Å²) in [7, 11) is 1.55. The second-order valence-electron chi connectivity index (χ2n) is 5.21. The second kappa shape index (κ2) is 6.82. The molecule has 1 heterocycles. The molecule has 0 unspecified atom stereocenters. The Morgan fingerprint density at radius 2 is 1.72 bits per heavy atom. The van der Waals surface area contributed by atoms with Crippen LogP contribution in [0.25, 0.3) is 6.08 Å². The van der Waals surface area contributed by atoms with Crippen molar-refractivity contribution in [3.05, 3.63) is 65.5 Å². The molecule has 0 spiro atoms. The van der Waals surface area contributed by atoms with Gasteiger partial charge in [-0.2, -0.15) is 0 Å². The molecule has 2 amide bonds. The number of ether oxygens (including phenoxy) is 1. The van der Waals surface area contributed by atoms with E-state index < -0.39 is 17.6 Å². The molecule has 1 aliphatic heterocycles. The van der Waals surface area contributed by atoms with E-state index in [1.165, 1.54) is 30.3 Å². The van der Waals surface area contributed by atoms with Crippen LogP contribution >= 0.6 is 12.2 Å². The van der Waals surface area contributed by atoms with Crippen molar-refractivity contribution in [1.82, 2.24) is 5.32 Å². The Morgan fingerprint density at radius 1 is 1.08 bits per heavy atom. The number of halogens is 1. The van der Waals surface area contributed by atoms with E-state index in [0.717, 1.165) is 4.90 Å². The van der Waals surface area contributed by atoms with E-state index in [1.807, 2.05) is 0 Å². The van der Waals surface area contributed by atoms with Crippen LogP contribution in [-0.2, 0) is 9.59 Å². The van der Waals surface area contributed by atoms with Crippen molar-refractivity contribution in [3.8, 4) is 5.75 Å². The molecule has 0 aromatic heterocycles. The van der Waals surface area contributed by atoms with E-state index >= 15 is 0 Å². The van der Waals surface area contributed by atoms with Gasteiger partial charge in [0.15, 0.2) is 5.11 Å². The van der Waals surface area contributed by atoms with E-state index in [9.17, 15) is 14.0 Å². The highest BCUT2D eigenvalue weighted by molar-refractivity contribution is 7.80. The van der Waals surface area contributed by atoms with Crippen LogP contribution in [0.5, 0.6) is 5.75 Å². The summed E-state index contributed by atoms with van der Waals surface area (Å²) in [6, 6.07) is 12.2. The fourth-order valence-corrected chi connectivity index (χ4v) is 2.63. The molecule has 0 atom stereocenters. The summed E-state index contributed by atoms with van der Waals surface area (Å²) in [6.07, 6.45) is 1.47. The van der Waals surface area contributed by atoms with Crippen molar-refractivity contribution in [2.24, 2.45) is 0 Å². The van der Waals surface area contributed by atoms with E-state index in [-0.39, 0.29) is 10.7 Å². The molecule has 0 aliphatic carbocycles. The lowest BCUT2D eigenvalue weighted by Crippen LogP contribution is -2.54. The van der Waals surface area contributed by atoms with E-state index in [1.54, 1.807) is 31.4 Å². The topological polar surface area (TPSA) is 58.6 Å². The monoisotopic (exact) mass is 356 g/mol. The smallest absolute Gasteiger partial charge is 0.270 e. The summed E-state index contributed by atoms with van der Waals surface area (Å²) in [5.74, 6) is -0.923. The first-order valence-electron chi connectivity index (χ1n) is 7.30. The number of methoxy groups -OCH3 is 1. The minimum Gasteiger partial charge on any atom is -0.497 e. The first-order valence-corrected chi connectivity index (χ1v) is 7.71. The van der Waals surface area contributed by atoms with Gasteiger partial charge >= 0.3 is 0 Å². The number of nitrogens with zero attached hydrogens (tertiary/aromatic N) is 1. The number of carbonyl (C=O) groups excluding carboxylic acids is 2. The molecule has 0 bridgehead atoms. The van der Waals surface area contributed by atoms with Crippen LogP contribution in [0.2, 0.25) is 0 Å². The molecule has 1 aliphatic rings. The lowest BCUT2D eigenvalue weighted by molar-refractivity contribution is -0.122. The molecule has 0 radical (unpaired) electrons. The van der Waals surface area contributed by atoms with E-state index in [2.05, 4.69) is 5.32 Å². The van der Waals surface area contributed by atoms with Crippen LogP contribution < -0.4 is 15.0 Å². The number of hydrogen-bond acceptors (Lipinski definition) is 4. The zero-order chi connectivity index (χ0) is 18.0. The summed E-state index contributed by atoms with van der Waals surface area (Å²) < 4.78 is 18.2. The van der Waals surface area contributed by atoms with Gasteiger partial charge in [0, 0.05) is 0 Å². The number of thiocarbonyl (C=S) groups is 1. The maximum atomic E-state index is 13.1. The quantitative estimate of drug-likeness (QED) is 0.522. The number of carbonyl (C=O) groups is 2. The third-order valence-corrected chi connectivity index (χ3v) is 3.90. The Bertz CT molecular complexity index is 876. The van der Waals surface area contributed by atoms with Gasteiger partial charge in [0.2, 0.25) is 0 Å². The predicted octanol–water partition coefficient (Wildman–Crippen LogP) is 2.67. The van der Waals surface area contributed by atoms with Crippen LogP contribution in [0, 0.1) is 5.82 Å². The van der Waals surface area contributed by atoms with Crippen LogP contribution in [0.3, 0.4) is 0 Å². The van der Waals surface area contributed by atoms with Gasteiger partial charge < -0.3 is 4.74 Å². The van der Waals surface area contributed by atoms with Crippen molar-refractivity contribution >= 4 is 40.9 Å². The zero-order valence-electron chi connectivity index (χ0n) is 13.2. The van der Waals surface area contributed by atoms with E-state index in [0.29, 0.717) is 17.0 Å². The highest BCUT2D eigenvalue weighted by atomic mass is 32.1. The van der Waals surface area contributed by atoms with Crippen molar-refractivity contribution in [2.75, 3.05) is 12.0 Å². The Balaban J connectivity index is 1.97. The van der Waals surface area contributed by atoms with Gasteiger partial charge in [0.1, 0.15) is 17.1 Å². The number of anilines is 1. The summed E-state index contributed by atoms with van der Waals surface area (Å²) in [5, 5.41) is 2.43. The van der Waals surface area contributed by atoms with E-state index in [4.69, 9.17) is 17.0 Å². The van der Waals surface area contributed by atoms with Crippen molar-refractivity contribution in [1.29, 1.82) is 0 Å². The summed E-state index contributed by atoms with van der Waals surface area (Å²) in [4.78, 5) is 26.1. The lowest BCUT2D eigenvalue weighted by Gasteiger charge is -2.28. The molecule has 2 aromatic rings. The molecule has 126 valence electrons. The number of nitrogens with one attached hydrogen (secondary N) is 1. The summed E-state index contributed by atoms with van der Waals surface area (Å²) >= 11 is 5.08. The van der Waals surface area contributed by atoms with Crippen molar-refractivity contribution < 1.29 is 18.7 Å². The number of benzene rings is 2. The molecule has 0 saturated carbocycles. The van der Waals surface area contributed by atoms with Crippen molar-refractivity contribution in [3.63, 3.8) is 0 Å². The first kappa shape index (κ1) is 16.8. The SMILES string of the molecule is COc1ccc(/C=C2/C(=O)NC(=S)N(c3ccc(F)cc3)C2=O)cc1. The standard InChI is InChI=1S/C18H13FN2O3S/c1-24-14-8-2-11(3-9-14)10-15-16(22)20-18(25)21(17(15)23)13-6-4-12(19)5-7-13/h2-10H,1H3,(H,20,22,25)/b15-10-.